The molecule has 0 atom stereocenters. The van der Waals surface area contributed by atoms with Crippen LogP contribution in [0.25, 0.3) is 11.3 Å². The number of amides is 1. The molecule has 0 aliphatic rings. The van der Waals surface area contributed by atoms with Gasteiger partial charge < -0.3 is 9.47 Å². The van der Waals surface area contributed by atoms with Crippen LogP contribution in [0.15, 0.2) is 60.0 Å². The van der Waals surface area contributed by atoms with Gasteiger partial charge in [-0.25, -0.2) is 9.37 Å². The van der Waals surface area contributed by atoms with Gasteiger partial charge in [-0.05, 0) is 36.4 Å². The molecule has 8 heteroatoms. The number of rotatable bonds is 8. The van der Waals surface area contributed by atoms with E-state index in [2.05, 4.69) is 10.3 Å². The number of carbonyl (C=O) groups excluding carboxylic acids is 2. The first-order chi connectivity index (χ1) is 13.6. The second-order valence-corrected chi connectivity index (χ2v) is 6.52. The molecule has 1 N–H and O–H groups in total. The predicted molar refractivity (Wildman–Crippen MR) is 104 cm³/mol. The van der Waals surface area contributed by atoms with Gasteiger partial charge in [0.05, 0.1) is 18.7 Å². The van der Waals surface area contributed by atoms with Crippen LogP contribution in [0.2, 0.25) is 0 Å². The zero-order valence-electron chi connectivity index (χ0n) is 14.8. The molecule has 0 unspecified atom stereocenters. The average Bonchev–Trinajstić information content (AvgIpc) is 3.16. The van der Waals surface area contributed by atoms with Crippen LogP contribution < -0.4 is 10.1 Å². The van der Waals surface area contributed by atoms with Crippen molar-refractivity contribution in [3.05, 3.63) is 65.8 Å². The first-order valence-electron chi connectivity index (χ1n) is 8.45. The largest absolute Gasteiger partial charge is 0.493 e. The quantitative estimate of drug-likeness (QED) is 0.580. The fraction of sp³-hybridized carbons (Fsp3) is 0.150. The third-order valence-electron chi connectivity index (χ3n) is 3.57. The number of nitrogens with one attached hydrogen (secondary N) is 1. The van der Waals surface area contributed by atoms with Crippen LogP contribution in [0.1, 0.15) is 6.42 Å². The molecule has 3 aromatic rings. The highest BCUT2D eigenvalue weighted by molar-refractivity contribution is 7.14. The highest BCUT2D eigenvalue weighted by atomic mass is 32.1. The number of halogens is 1. The van der Waals surface area contributed by atoms with E-state index in [9.17, 15) is 14.0 Å². The van der Waals surface area contributed by atoms with Crippen LogP contribution in [-0.2, 0) is 14.3 Å². The van der Waals surface area contributed by atoms with Gasteiger partial charge in [-0.15, -0.1) is 11.3 Å². The van der Waals surface area contributed by atoms with E-state index in [0.29, 0.717) is 16.6 Å². The molecular weight excluding hydrogens is 383 g/mol. The molecule has 0 spiro atoms. The van der Waals surface area contributed by atoms with Crippen molar-refractivity contribution in [2.24, 2.45) is 0 Å². The van der Waals surface area contributed by atoms with Gasteiger partial charge in [-0.3, -0.25) is 14.9 Å². The van der Waals surface area contributed by atoms with E-state index in [0.717, 1.165) is 5.56 Å². The molecule has 0 radical (unpaired) electrons. The zero-order chi connectivity index (χ0) is 19.8. The van der Waals surface area contributed by atoms with Gasteiger partial charge in [0.1, 0.15) is 11.6 Å². The van der Waals surface area contributed by atoms with Crippen molar-refractivity contribution in [3.63, 3.8) is 0 Å². The van der Waals surface area contributed by atoms with Crippen LogP contribution in [0, 0.1) is 5.82 Å². The minimum absolute atomic E-state index is 0.0359. The maximum Gasteiger partial charge on any atom is 0.309 e. The minimum Gasteiger partial charge on any atom is -0.493 e. The first kappa shape index (κ1) is 19.5. The Kier molecular flexibility index (Phi) is 6.69. The number of hydrogen-bond donors (Lipinski definition) is 1. The maximum absolute atomic E-state index is 13.0. The average molecular weight is 400 g/mol. The summed E-state index contributed by atoms with van der Waals surface area (Å²) in [6.07, 6.45) is 0.0359. The molecule has 144 valence electrons. The zero-order valence-corrected chi connectivity index (χ0v) is 15.6. The Morgan fingerprint density at radius 2 is 1.82 bits per heavy atom. The van der Waals surface area contributed by atoms with Gasteiger partial charge in [0.2, 0.25) is 0 Å². The van der Waals surface area contributed by atoms with E-state index in [1.807, 2.05) is 18.2 Å². The molecule has 6 nitrogen and oxygen atoms in total. The number of carbonyl (C=O) groups is 2. The van der Waals surface area contributed by atoms with E-state index in [-0.39, 0.29) is 18.8 Å². The Balaban J connectivity index is 1.39. The maximum atomic E-state index is 13.0. The van der Waals surface area contributed by atoms with Crippen molar-refractivity contribution in [2.75, 3.05) is 18.5 Å². The van der Waals surface area contributed by atoms with E-state index in [4.69, 9.17) is 9.47 Å². The number of anilines is 1. The van der Waals surface area contributed by atoms with Gasteiger partial charge in [0.15, 0.2) is 11.7 Å². The summed E-state index contributed by atoms with van der Waals surface area (Å²) in [4.78, 5) is 27.8. The number of aromatic nitrogens is 1. The molecule has 1 heterocycles. The van der Waals surface area contributed by atoms with E-state index in [1.165, 1.54) is 23.5 Å². The fourth-order valence-corrected chi connectivity index (χ4v) is 2.96. The molecule has 0 aliphatic carbocycles. The molecule has 0 saturated carbocycles. The summed E-state index contributed by atoms with van der Waals surface area (Å²) in [7, 11) is 0. The van der Waals surface area contributed by atoms with Gasteiger partial charge >= 0.3 is 5.97 Å². The van der Waals surface area contributed by atoms with Crippen molar-refractivity contribution < 1.29 is 23.5 Å². The van der Waals surface area contributed by atoms with E-state index >= 15 is 0 Å². The van der Waals surface area contributed by atoms with E-state index in [1.54, 1.807) is 29.6 Å². The number of nitrogens with zero attached hydrogens (tertiary/aromatic N) is 1. The summed E-state index contributed by atoms with van der Waals surface area (Å²) in [6.45, 7) is -0.242. The molecule has 28 heavy (non-hydrogen) atoms. The van der Waals surface area contributed by atoms with Crippen LogP contribution >= 0.6 is 11.3 Å². The smallest absolute Gasteiger partial charge is 0.309 e. The number of ether oxygens (including phenoxy) is 2. The van der Waals surface area contributed by atoms with Crippen molar-refractivity contribution in [1.82, 2.24) is 4.98 Å². The predicted octanol–water partition coefficient (Wildman–Crippen LogP) is 3.90. The monoisotopic (exact) mass is 400 g/mol. The van der Waals surface area contributed by atoms with Gasteiger partial charge in [-0.2, -0.15) is 0 Å². The molecule has 0 fully saturated rings. The summed E-state index contributed by atoms with van der Waals surface area (Å²) >= 11 is 1.23. The SMILES string of the molecule is O=C(COC(=O)CCOc1ccccc1)Nc1nc(-c2ccc(F)cc2)cs1. The Bertz CT molecular complexity index is 929. The number of benzene rings is 2. The molecule has 0 bridgehead atoms. The standard InChI is InChI=1S/C20H17FN2O4S/c21-15-8-6-14(7-9-15)17-13-28-20(22-17)23-18(24)12-27-19(25)10-11-26-16-4-2-1-3-5-16/h1-9,13H,10-12H2,(H,22,23,24). The lowest BCUT2D eigenvalue weighted by molar-refractivity contribution is -0.147. The lowest BCUT2D eigenvalue weighted by Gasteiger charge is -2.06. The Morgan fingerprint density at radius 1 is 1.07 bits per heavy atom. The normalized spacial score (nSPS) is 10.3. The molecule has 2 aromatic carbocycles. The van der Waals surface area contributed by atoms with Gasteiger partial charge in [-0.1, -0.05) is 18.2 Å². The fourth-order valence-electron chi connectivity index (χ4n) is 2.23. The molecule has 0 saturated heterocycles. The highest BCUT2D eigenvalue weighted by Crippen LogP contribution is 2.24. The molecule has 0 aliphatic heterocycles. The van der Waals surface area contributed by atoms with E-state index < -0.39 is 18.5 Å². The minimum atomic E-state index is -0.530. The van der Waals surface area contributed by atoms with Crippen molar-refractivity contribution in [1.29, 1.82) is 0 Å². The summed E-state index contributed by atoms with van der Waals surface area (Å²) in [6, 6.07) is 15.0. The second-order valence-electron chi connectivity index (χ2n) is 5.67. The Hall–Kier alpha value is -3.26. The summed E-state index contributed by atoms with van der Waals surface area (Å²) in [5, 5.41) is 4.68. The van der Waals surface area contributed by atoms with Gasteiger partial charge in [0, 0.05) is 10.9 Å². The van der Waals surface area contributed by atoms with Crippen molar-refractivity contribution in [2.45, 2.75) is 6.42 Å². The third-order valence-corrected chi connectivity index (χ3v) is 4.33. The number of esters is 1. The lowest BCUT2D eigenvalue weighted by atomic mass is 10.2. The summed E-state index contributed by atoms with van der Waals surface area (Å²) in [5.74, 6) is -0.688. The molecule has 1 amide bonds. The molecule has 1 aromatic heterocycles. The highest BCUT2D eigenvalue weighted by Gasteiger charge is 2.11. The van der Waals surface area contributed by atoms with Crippen LogP contribution in [0.5, 0.6) is 5.75 Å². The van der Waals surface area contributed by atoms with Crippen molar-refractivity contribution >= 4 is 28.3 Å². The number of thiazole rings is 1. The molecule has 3 rings (SSSR count). The topological polar surface area (TPSA) is 77.5 Å². The van der Waals surface area contributed by atoms with Crippen LogP contribution in [0.4, 0.5) is 9.52 Å². The number of para-hydroxylation sites is 1. The first-order valence-corrected chi connectivity index (χ1v) is 9.33. The Morgan fingerprint density at radius 3 is 2.57 bits per heavy atom. The Labute approximate surface area is 164 Å². The van der Waals surface area contributed by atoms with Crippen LogP contribution in [-0.4, -0.2) is 30.1 Å². The summed E-state index contributed by atoms with van der Waals surface area (Å²) in [5.41, 5.74) is 1.36. The lowest BCUT2D eigenvalue weighted by Crippen LogP contribution is -2.21. The van der Waals surface area contributed by atoms with Crippen LogP contribution in [0.3, 0.4) is 0 Å². The van der Waals surface area contributed by atoms with Crippen molar-refractivity contribution in [3.8, 4) is 17.0 Å². The van der Waals surface area contributed by atoms with Gasteiger partial charge in [0.25, 0.3) is 5.91 Å². The number of hydrogen-bond acceptors (Lipinski definition) is 6. The second kappa shape index (κ2) is 9.61. The summed E-state index contributed by atoms with van der Waals surface area (Å²) < 4.78 is 23.3. The molecular formula is C20H17FN2O4S. The third kappa shape index (κ3) is 5.88.